The van der Waals surface area contributed by atoms with E-state index in [2.05, 4.69) is 25.9 Å². The second-order valence-electron chi connectivity index (χ2n) is 5.26. The molecular weight excluding hydrogens is 444 g/mol. The molecule has 0 radical (unpaired) electrons. The van der Waals surface area contributed by atoms with Crippen LogP contribution in [0.5, 0.6) is 0 Å². The molecule has 0 saturated carbocycles. The zero-order valence-corrected chi connectivity index (χ0v) is 15.3. The van der Waals surface area contributed by atoms with Crippen molar-refractivity contribution in [3.05, 3.63) is 72.2 Å². The van der Waals surface area contributed by atoms with Crippen molar-refractivity contribution in [2.75, 3.05) is 0 Å². The quantitative estimate of drug-likeness (QED) is 0.519. The zero-order valence-electron chi connectivity index (χ0n) is 12.2. The Morgan fingerprint density at radius 2 is 1.88 bits per heavy atom. The van der Waals surface area contributed by atoms with Gasteiger partial charge < -0.3 is 4.98 Å². The molecule has 3 rings (SSSR count). The Labute approximate surface area is 158 Å². The average Bonchev–Trinajstić information content (AvgIpc) is 2.54. The lowest BCUT2D eigenvalue weighted by Gasteiger charge is -2.15. The number of pyridine rings is 2. The summed E-state index contributed by atoms with van der Waals surface area (Å²) in [6.07, 6.45) is -3.27. The molecule has 0 saturated heterocycles. The third-order valence-electron chi connectivity index (χ3n) is 3.60. The van der Waals surface area contributed by atoms with Crippen LogP contribution in [0.15, 0.2) is 39.7 Å². The summed E-state index contributed by atoms with van der Waals surface area (Å²) in [6.45, 7) is 0. The standard InChI is InChI=1S/C16H8BrCl2F3N2O/c17-9-2-3-10-12(14(9)25)13(18)8(15(19)24-10)5-7-1-4-11(23-6-7)16(20,21)22/h1-4,6,24H,5H2. The zero-order chi connectivity index (χ0) is 18.4. The molecule has 0 bridgehead atoms. The monoisotopic (exact) mass is 450 g/mol. The Kier molecular flexibility index (Phi) is 4.83. The lowest BCUT2D eigenvalue weighted by atomic mass is 10.0. The molecule has 1 aliphatic carbocycles. The van der Waals surface area contributed by atoms with E-state index in [9.17, 15) is 18.0 Å². The van der Waals surface area contributed by atoms with Gasteiger partial charge in [0.25, 0.3) is 0 Å². The molecule has 2 heterocycles. The van der Waals surface area contributed by atoms with Crippen LogP contribution in [0.4, 0.5) is 13.2 Å². The van der Waals surface area contributed by atoms with Crippen LogP contribution in [0, 0.1) is 0 Å². The molecule has 9 heteroatoms. The lowest BCUT2D eigenvalue weighted by Crippen LogP contribution is -2.11. The highest BCUT2D eigenvalue weighted by molar-refractivity contribution is 9.10. The number of rotatable bonds is 2. The van der Waals surface area contributed by atoms with E-state index in [-0.39, 0.29) is 27.6 Å². The molecule has 0 amide bonds. The van der Waals surface area contributed by atoms with E-state index in [0.29, 0.717) is 21.3 Å². The SMILES string of the molecule is O=c1c(Br)ccc2[nH]c(Cl)c(Cc3ccc(C(F)(F)F)nc3)c(Cl)c1-2. The number of fused-ring (bicyclic) bond motifs is 1. The number of hydrogen-bond donors (Lipinski definition) is 1. The van der Waals surface area contributed by atoms with Crippen molar-refractivity contribution in [1.82, 2.24) is 9.97 Å². The Morgan fingerprint density at radius 3 is 2.48 bits per heavy atom. The van der Waals surface area contributed by atoms with Crippen LogP contribution in [-0.4, -0.2) is 9.97 Å². The predicted octanol–water partition coefficient (Wildman–Crippen LogP) is 5.55. The Balaban J connectivity index is 2.06. The summed E-state index contributed by atoms with van der Waals surface area (Å²) in [4.78, 5) is 18.6. The van der Waals surface area contributed by atoms with Gasteiger partial charge in [-0.25, -0.2) is 0 Å². The third-order valence-corrected chi connectivity index (χ3v) is 4.96. The van der Waals surface area contributed by atoms with Gasteiger partial charge in [-0.3, -0.25) is 9.78 Å². The van der Waals surface area contributed by atoms with E-state index in [1.807, 2.05) is 0 Å². The Bertz CT molecular complexity index is 971. The third kappa shape index (κ3) is 3.54. The van der Waals surface area contributed by atoms with Crippen molar-refractivity contribution in [1.29, 1.82) is 0 Å². The van der Waals surface area contributed by atoms with Gasteiger partial charge in [-0.2, -0.15) is 13.2 Å². The summed E-state index contributed by atoms with van der Waals surface area (Å²) >= 11 is 15.7. The maximum atomic E-state index is 12.6. The smallest absolute Gasteiger partial charge is 0.345 e. The van der Waals surface area contributed by atoms with Crippen LogP contribution in [0.25, 0.3) is 11.3 Å². The molecule has 0 atom stereocenters. The second-order valence-corrected chi connectivity index (χ2v) is 6.87. The van der Waals surface area contributed by atoms with Gasteiger partial charge in [0.15, 0.2) is 0 Å². The second kappa shape index (κ2) is 6.63. The first-order valence-electron chi connectivity index (χ1n) is 6.89. The predicted molar refractivity (Wildman–Crippen MR) is 93.4 cm³/mol. The summed E-state index contributed by atoms with van der Waals surface area (Å²) in [5.41, 5.74) is 0.332. The molecule has 25 heavy (non-hydrogen) atoms. The number of alkyl halides is 3. The van der Waals surface area contributed by atoms with Crippen LogP contribution in [0.2, 0.25) is 10.2 Å². The number of nitrogens with one attached hydrogen (secondary N) is 1. The van der Waals surface area contributed by atoms with E-state index in [4.69, 9.17) is 23.2 Å². The first kappa shape index (κ1) is 18.2. The van der Waals surface area contributed by atoms with Gasteiger partial charge >= 0.3 is 6.18 Å². The number of halogens is 6. The van der Waals surface area contributed by atoms with Crippen molar-refractivity contribution in [2.45, 2.75) is 12.6 Å². The van der Waals surface area contributed by atoms with Crippen molar-refractivity contribution in [3.63, 3.8) is 0 Å². The maximum Gasteiger partial charge on any atom is 0.433 e. The van der Waals surface area contributed by atoms with Crippen LogP contribution in [0.3, 0.4) is 0 Å². The van der Waals surface area contributed by atoms with Crippen LogP contribution >= 0.6 is 39.1 Å². The van der Waals surface area contributed by atoms with Crippen LogP contribution in [-0.2, 0) is 12.6 Å². The first-order chi connectivity index (χ1) is 11.7. The summed E-state index contributed by atoms with van der Waals surface area (Å²) in [5.74, 6) is 0. The van der Waals surface area contributed by atoms with Crippen LogP contribution < -0.4 is 5.43 Å². The fraction of sp³-hybridized carbons (Fsp3) is 0.125. The average molecular weight is 452 g/mol. The number of hydrogen-bond acceptors (Lipinski definition) is 2. The van der Waals surface area contributed by atoms with Gasteiger partial charge in [0.2, 0.25) is 5.43 Å². The van der Waals surface area contributed by atoms with Gasteiger partial charge in [-0.05, 0) is 39.7 Å². The van der Waals surface area contributed by atoms with Crippen LogP contribution in [0.1, 0.15) is 16.8 Å². The molecule has 0 aromatic carbocycles. The molecule has 2 aliphatic rings. The van der Waals surface area contributed by atoms with Crippen molar-refractivity contribution >= 4 is 39.1 Å². The van der Waals surface area contributed by atoms with Crippen molar-refractivity contribution in [3.8, 4) is 11.3 Å². The minimum Gasteiger partial charge on any atom is -0.345 e. The maximum absolute atomic E-state index is 12.6. The Morgan fingerprint density at radius 1 is 1.16 bits per heavy atom. The molecule has 1 aromatic heterocycles. The Hall–Kier alpha value is -1.57. The molecule has 1 aromatic rings. The van der Waals surface area contributed by atoms with Crippen molar-refractivity contribution < 1.29 is 13.2 Å². The summed E-state index contributed by atoms with van der Waals surface area (Å²) in [6, 6.07) is 5.42. The van der Waals surface area contributed by atoms with E-state index < -0.39 is 11.9 Å². The molecule has 1 N–H and O–H groups in total. The van der Waals surface area contributed by atoms with E-state index in [0.717, 1.165) is 12.3 Å². The molecule has 3 nitrogen and oxygen atoms in total. The lowest BCUT2D eigenvalue weighted by molar-refractivity contribution is -0.141. The summed E-state index contributed by atoms with van der Waals surface area (Å²) in [7, 11) is 0. The number of aromatic amines is 1. The minimum absolute atomic E-state index is 0.126. The minimum atomic E-state index is -4.51. The summed E-state index contributed by atoms with van der Waals surface area (Å²) in [5, 5.41) is 0.365. The fourth-order valence-corrected chi connectivity index (χ4v) is 3.37. The highest BCUT2D eigenvalue weighted by atomic mass is 79.9. The fourth-order valence-electron chi connectivity index (χ4n) is 2.38. The number of benzene rings is 1. The van der Waals surface area contributed by atoms with Gasteiger partial charge in [-0.15, -0.1) is 0 Å². The first-order valence-corrected chi connectivity index (χ1v) is 8.44. The van der Waals surface area contributed by atoms with Gasteiger partial charge in [0.1, 0.15) is 10.8 Å². The molecule has 0 unspecified atom stereocenters. The molecule has 0 fully saturated rings. The number of aromatic nitrogens is 2. The molecule has 0 spiro atoms. The highest BCUT2D eigenvalue weighted by Gasteiger charge is 2.32. The van der Waals surface area contributed by atoms with Gasteiger partial charge in [0.05, 0.1) is 20.8 Å². The highest BCUT2D eigenvalue weighted by Crippen LogP contribution is 2.35. The van der Waals surface area contributed by atoms with Gasteiger partial charge in [0, 0.05) is 18.2 Å². The van der Waals surface area contributed by atoms with Gasteiger partial charge in [-0.1, -0.05) is 29.3 Å². The normalized spacial score (nSPS) is 11.9. The van der Waals surface area contributed by atoms with E-state index in [1.54, 1.807) is 12.1 Å². The summed E-state index contributed by atoms with van der Waals surface area (Å²) < 4.78 is 38.1. The molecule has 1 aliphatic heterocycles. The molecule has 130 valence electrons. The topological polar surface area (TPSA) is 45.8 Å². The largest absolute Gasteiger partial charge is 0.433 e. The van der Waals surface area contributed by atoms with E-state index >= 15 is 0 Å². The molecular formula is C16H8BrCl2F3N2O. The number of H-pyrrole nitrogens is 1. The number of nitrogens with zero attached hydrogens (tertiary/aromatic N) is 1. The van der Waals surface area contributed by atoms with E-state index in [1.165, 1.54) is 6.07 Å². The van der Waals surface area contributed by atoms with Crippen molar-refractivity contribution in [2.24, 2.45) is 0 Å².